The summed E-state index contributed by atoms with van der Waals surface area (Å²) in [5.41, 5.74) is 3.70. The van der Waals surface area contributed by atoms with Crippen molar-refractivity contribution in [2.45, 2.75) is 46.0 Å². The molecule has 3 rings (SSSR count). The summed E-state index contributed by atoms with van der Waals surface area (Å²) in [5.74, 6) is 4.05. The van der Waals surface area contributed by atoms with Gasteiger partial charge in [-0.1, -0.05) is 37.1 Å². The highest BCUT2D eigenvalue weighted by Crippen LogP contribution is 2.63. The van der Waals surface area contributed by atoms with Gasteiger partial charge in [0.2, 0.25) is 0 Å². The first-order valence-corrected chi connectivity index (χ1v) is 6.63. The average Bonchev–Trinajstić information content (AvgIpc) is 2.78. The summed E-state index contributed by atoms with van der Waals surface area (Å²) in [6.07, 6.45) is 11.7. The third-order valence-electron chi connectivity index (χ3n) is 4.53. The molecule has 1 saturated carbocycles. The maximum absolute atomic E-state index is 2.41. The van der Waals surface area contributed by atoms with Crippen LogP contribution in [-0.2, 0) is 0 Å². The summed E-state index contributed by atoms with van der Waals surface area (Å²) in [6, 6.07) is 0. The van der Waals surface area contributed by atoms with E-state index in [1.54, 1.807) is 0 Å². The number of hydrogen-bond donors (Lipinski definition) is 0. The number of hydrogen-bond acceptors (Lipinski definition) is 0. The zero-order valence-electron chi connectivity index (χ0n) is 10.00. The van der Waals surface area contributed by atoms with Crippen LogP contribution < -0.4 is 0 Å². The smallest absolute Gasteiger partial charge is 0.0132 e. The maximum Gasteiger partial charge on any atom is -0.0132 e. The maximum atomic E-state index is 2.41. The van der Waals surface area contributed by atoms with Gasteiger partial charge >= 0.3 is 0 Å². The van der Waals surface area contributed by atoms with Crippen LogP contribution in [0.3, 0.4) is 0 Å². The minimum Gasteiger partial charge on any atom is -0.0879 e. The monoisotopic (exact) mass is 202 g/mol. The van der Waals surface area contributed by atoms with Crippen LogP contribution in [0.25, 0.3) is 0 Å². The molecule has 0 radical (unpaired) electrons. The molecule has 3 unspecified atom stereocenters. The second kappa shape index (κ2) is 3.50. The Bertz CT molecular complexity index is 319. The fourth-order valence-electron chi connectivity index (χ4n) is 3.89. The molecule has 3 aliphatic carbocycles. The number of rotatable bonds is 2. The Morgan fingerprint density at radius 2 is 2.20 bits per heavy atom. The first-order valence-electron chi connectivity index (χ1n) is 6.63. The summed E-state index contributed by atoms with van der Waals surface area (Å²) in [6.45, 7) is 4.74. The Kier molecular flexibility index (Phi) is 2.26. The fraction of sp³-hybridized carbons (Fsp3) is 0.733. The molecule has 0 N–H and O–H groups in total. The van der Waals surface area contributed by atoms with Gasteiger partial charge in [-0.05, 0) is 55.8 Å². The van der Waals surface area contributed by atoms with Gasteiger partial charge in [0.1, 0.15) is 0 Å². The predicted molar refractivity (Wildman–Crippen MR) is 64.6 cm³/mol. The molecule has 0 nitrogen and oxygen atoms in total. The van der Waals surface area contributed by atoms with Crippen LogP contribution in [0, 0.1) is 23.7 Å². The third-order valence-corrected chi connectivity index (χ3v) is 4.53. The van der Waals surface area contributed by atoms with Crippen molar-refractivity contribution in [1.82, 2.24) is 0 Å². The minimum absolute atomic E-state index is 0.894. The van der Waals surface area contributed by atoms with E-state index in [1.165, 1.54) is 32.1 Å². The van der Waals surface area contributed by atoms with Crippen molar-refractivity contribution in [3.63, 3.8) is 0 Å². The summed E-state index contributed by atoms with van der Waals surface area (Å²) in [4.78, 5) is 0. The van der Waals surface area contributed by atoms with E-state index < -0.39 is 0 Å². The molecule has 0 saturated heterocycles. The van der Waals surface area contributed by atoms with E-state index in [4.69, 9.17) is 0 Å². The minimum atomic E-state index is 0.894. The highest BCUT2D eigenvalue weighted by atomic mass is 14.6. The normalized spacial score (nSPS) is 37.9. The average molecular weight is 202 g/mol. The highest BCUT2D eigenvalue weighted by molar-refractivity contribution is 5.36. The van der Waals surface area contributed by atoms with Gasteiger partial charge in [-0.25, -0.2) is 0 Å². The van der Waals surface area contributed by atoms with Gasteiger partial charge in [0.25, 0.3) is 0 Å². The van der Waals surface area contributed by atoms with Crippen molar-refractivity contribution >= 4 is 0 Å². The Hall–Kier alpha value is -0.520. The van der Waals surface area contributed by atoms with Crippen molar-refractivity contribution in [1.29, 1.82) is 0 Å². The van der Waals surface area contributed by atoms with E-state index in [1.807, 2.05) is 11.1 Å². The Balaban J connectivity index is 1.72. The topological polar surface area (TPSA) is 0 Å². The fourth-order valence-corrected chi connectivity index (χ4v) is 3.89. The lowest BCUT2D eigenvalue weighted by molar-refractivity contribution is 0.496. The number of allylic oxidation sites excluding steroid dienone is 4. The van der Waals surface area contributed by atoms with Gasteiger partial charge in [0.15, 0.2) is 0 Å². The molecule has 3 aliphatic rings. The zero-order chi connectivity index (χ0) is 10.4. The molecule has 0 heteroatoms. The molecule has 0 aliphatic heterocycles. The quantitative estimate of drug-likeness (QED) is 0.584. The van der Waals surface area contributed by atoms with Crippen LogP contribution in [-0.4, -0.2) is 0 Å². The van der Waals surface area contributed by atoms with Crippen LogP contribution in [0.5, 0.6) is 0 Å². The van der Waals surface area contributed by atoms with Gasteiger partial charge < -0.3 is 0 Å². The van der Waals surface area contributed by atoms with E-state index in [-0.39, 0.29) is 0 Å². The number of fused-ring (bicyclic) bond motifs is 2. The van der Waals surface area contributed by atoms with Gasteiger partial charge in [-0.15, -0.1) is 0 Å². The van der Waals surface area contributed by atoms with Crippen LogP contribution in [0.4, 0.5) is 0 Å². The van der Waals surface area contributed by atoms with Gasteiger partial charge in [-0.3, -0.25) is 0 Å². The Labute approximate surface area is 93.5 Å². The van der Waals surface area contributed by atoms with Gasteiger partial charge in [0, 0.05) is 0 Å². The molecule has 0 amide bonds. The van der Waals surface area contributed by atoms with Crippen LogP contribution in [0.15, 0.2) is 23.3 Å². The second-order valence-corrected chi connectivity index (χ2v) is 6.03. The van der Waals surface area contributed by atoms with E-state index in [0.29, 0.717) is 0 Å². The summed E-state index contributed by atoms with van der Waals surface area (Å²) < 4.78 is 0. The predicted octanol–water partition coefficient (Wildman–Crippen LogP) is 4.34. The van der Waals surface area contributed by atoms with E-state index in [9.17, 15) is 0 Å². The van der Waals surface area contributed by atoms with Gasteiger partial charge in [-0.2, -0.15) is 0 Å². The van der Waals surface area contributed by atoms with Gasteiger partial charge in [0.05, 0.1) is 0 Å². The lowest BCUT2D eigenvalue weighted by Gasteiger charge is -2.11. The molecule has 0 aromatic carbocycles. The van der Waals surface area contributed by atoms with Crippen molar-refractivity contribution < 1.29 is 0 Å². The molecule has 0 aromatic heterocycles. The summed E-state index contributed by atoms with van der Waals surface area (Å²) in [5, 5.41) is 0. The van der Waals surface area contributed by atoms with Crippen LogP contribution in [0.1, 0.15) is 46.0 Å². The molecule has 0 aromatic rings. The van der Waals surface area contributed by atoms with Crippen molar-refractivity contribution in [2.24, 2.45) is 23.7 Å². The largest absolute Gasteiger partial charge is 0.0879 e. The standard InChI is InChI=1S/C15H22/c1-10(2)8-13-14-9-11-6-4-3-5-7-12(11)15(13)14/h3,5,10,13-15H,4,6-9H2,1-2H3. The molecule has 0 heterocycles. The van der Waals surface area contributed by atoms with Crippen molar-refractivity contribution in [2.75, 3.05) is 0 Å². The molecular weight excluding hydrogens is 180 g/mol. The van der Waals surface area contributed by atoms with Crippen molar-refractivity contribution in [3.8, 4) is 0 Å². The van der Waals surface area contributed by atoms with E-state index in [0.717, 1.165) is 23.7 Å². The van der Waals surface area contributed by atoms with Crippen LogP contribution in [0.2, 0.25) is 0 Å². The summed E-state index contributed by atoms with van der Waals surface area (Å²) >= 11 is 0. The van der Waals surface area contributed by atoms with Crippen molar-refractivity contribution in [3.05, 3.63) is 23.3 Å². The molecular formula is C15H22. The highest BCUT2D eigenvalue weighted by Gasteiger charge is 2.55. The first-order chi connectivity index (χ1) is 7.27. The zero-order valence-corrected chi connectivity index (χ0v) is 10.00. The summed E-state index contributed by atoms with van der Waals surface area (Å²) in [7, 11) is 0. The Morgan fingerprint density at radius 1 is 1.33 bits per heavy atom. The lowest BCUT2D eigenvalue weighted by Crippen LogP contribution is -1.98. The lowest BCUT2D eigenvalue weighted by atomic mass is 9.94. The Morgan fingerprint density at radius 3 is 3.00 bits per heavy atom. The molecule has 3 atom stereocenters. The van der Waals surface area contributed by atoms with Crippen LogP contribution >= 0.6 is 0 Å². The molecule has 0 spiro atoms. The first kappa shape index (κ1) is 9.69. The SMILES string of the molecule is CC(C)CC1C2CC3=C(CC=CCC3)C21. The molecule has 0 bridgehead atoms. The molecule has 1 fully saturated rings. The second-order valence-electron chi connectivity index (χ2n) is 6.03. The van der Waals surface area contributed by atoms with E-state index >= 15 is 0 Å². The van der Waals surface area contributed by atoms with E-state index in [2.05, 4.69) is 26.0 Å². The molecule has 15 heavy (non-hydrogen) atoms. The molecule has 82 valence electrons. The third kappa shape index (κ3) is 1.58.